The summed E-state index contributed by atoms with van der Waals surface area (Å²) in [6, 6.07) is 4.18. The van der Waals surface area contributed by atoms with Crippen LogP contribution in [0.5, 0.6) is 0 Å². The largest absolute Gasteiger partial charge is 0.480 e. The van der Waals surface area contributed by atoms with E-state index in [1.807, 2.05) is 0 Å². The lowest BCUT2D eigenvalue weighted by molar-refractivity contribution is -0.148. The molecule has 1 aliphatic rings. The number of hydrogen-bond donors (Lipinski definition) is 2. The highest BCUT2D eigenvalue weighted by atomic mass is 19.1. The lowest BCUT2D eigenvalue weighted by Gasteiger charge is -2.24. The summed E-state index contributed by atoms with van der Waals surface area (Å²) in [6.07, 6.45) is 1.40. The number of nitrogens with zero attached hydrogens (tertiary/aromatic N) is 1. The molecule has 1 aliphatic heterocycles. The molecule has 1 heterocycles. The molecule has 2 atom stereocenters. The van der Waals surface area contributed by atoms with Gasteiger partial charge in [0.15, 0.2) is 0 Å². The number of benzene rings is 1. The number of nitrogens with two attached hydrogens (primary N) is 1. The molecule has 5 nitrogen and oxygen atoms in total. The quantitative estimate of drug-likeness (QED) is 0.853. The highest BCUT2D eigenvalue weighted by molar-refractivity contribution is 5.87. The van der Waals surface area contributed by atoms with Gasteiger partial charge in [0.1, 0.15) is 11.9 Å². The SMILES string of the molecule is NC(Cc1ccc(F)cc1)C(=O)N1CCC[C@H]1C(=O)O. The molecule has 0 saturated carbocycles. The van der Waals surface area contributed by atoms with E-state index in [9.17, 15) is 14.0 Å². The van der Waals surface area contributed by atoms with Crippen molar-refractivity contribution >= 4 is 11.9 Å². The standard InChI is InChI=1S/C14H17FN2O3/c15-10-5-3-9(4-6-10)8-11(16)13(18)17-7-1-2-12(17)14(19)20/h3-6,11-12H,1-2,7-8,16H2,(H,19,20)/t11?,12-/m0/s1. The van der Waals surface area contributed by atoms with Crippen molar-refractivity contribution in [1.29, 1.82) is 0 Å². The second-order valence-electron chi connectivity index (χ2n) is 4.96. The number of hydrogen-bond acceptors (Lipinski definition) is 3. The van der Waals surface area contributed by atoms with E-state index in [2.05, 4.69) is 0 Å². The molecular weight excluding hydrogens is 263 g/mol. The summed E-state index contributed by atoms with van der Waals surface area (Å²) in [4.78, 5) is 24.6. The first-order chi connectivity index (χ1) is 9.49. The Morgan fingerprint density at radius 3 is 2.65 bits per heavy atom. The van der Waals surface area contributed by atoms with Gasteiger partial charge in [-0.25, -0.2) is 9.18 Å². The molecule has 2 rings (SSSR count). The van der Waals surface area contributed by atoms with E-state index in [0.717, 1.165) is 5.56 Å². The van der Waals surface area contributed by atoms with Crippen LogP contribution in [0, 0.1) is 5.82 Å². The van der Waals surface area contributed by atoms with Crippen molar-refractivity contribution in [3.63, 3.8) is 0 Å². The lowest BCUT2D eigenvalue weighted by atomic mass is 10.1. The van der Waals surface area contributed by atoms with Crippen LogP contribution in [-0.4, -0.2) is 40.5 Å². The smallest absolute Gasteiger partial charge is 0.326 e. The lowest BCUT2D eigenvalue weighted by Crippen LogP contribution is -2.49. The molecule has 1 saturated heterocycles. The summed E-state index contributed by atoms with van der Waals surface area (Å²) in [6.45, 7) is 0.424. The summed E-state index contributed by atoms with van der Waals surface area (Å²) in [5.74, 6) is -1.71. The van der Waals surface area contributed by atoms with Gasteiger partial charge in [-0.05, 0) is 37.0 Å². The number of amides is 1. The first kappa shape index (κ1) is 14.5. The minimum atomic E-state index is -0.996. The molecule has 1 amide bonds. The Morgan fingerprint density at radius 1 is 1.40 bits per heavy atom. The minimum Gasteiger partial charge on any atom is -0.480 e. The van der Waals surface area contributed by atoms with E-state index < -0.39 is 18.1 Å². The molecule has 108 valence electrons. The number of likely N-dealkylation sites (tertiary alicyclic amines) is 1. The molecule has 0 aromatic heterocycles. The average molecular weight is 280 g/mol. The van der Waals surface area contributed by atoms with E-state index in [1.54, 1.807) is 12.1 Å². The molecule has 6 heteroatoms. The number of carboxylic acids is 1. The fourth-order valence-electron chi connectivity index (χ4n) is 2.46. The van der Waals surface area contributed by atoms with Gasteiger partial charge < -0.3 is 15.7 Å². The van der Waals surface area contributed by atoms with Crippen LogP contribution in [0.3, 0.4) is 0 Å². The minimum absolute atomic E-state index is 0.266. The summed E-state index contributed by atoms with van der Waals surface area (Å²) in [5.41, 5.74) is 6.60. The Kier molecular flexibility index (Phi) is 4.34. The van der Waals surface area contributed by atoms with Crippen molar-refractivity contribution in [2.45, 2.75) is 31.3 Å². The number of carboxylic acid groups (broad SMARTS) is 1. The number of carbonyl (C=O) groups is 2. The third-order valence-corrected chi connectivity index (χ3v) is 3.51. The van der Waals surface area contributed by atoms with Gasteiger partial charge in [0.2, 0.25) is 5.91 Å². The molecule has 0 spiro atoms. The van der Waals surface area contributed by atoms with Gasteiger partial charge >= 0.3 is 5.97 Å². The molecule has 1 unspecified atom stereocenters. The zero-order valence-corrected chi connectivity index (χ0v) is 11.0. The van der Waals surface area contributed by atoms with Gasteiger partial charge in [0.05, 0.1) is 6.04 Å². The topological polar surface area (TPSA) is 83.6 Å². The van der Waals surface area contributed by atoms with Gasteiger partial charge in [-0.15, -0.1) is 0 Å². The van der Waals surface area contributed by atoms with Crippen molar-refractivity contribution in [3.8, 4) is 0 Å². The normalized spacial score (nSPS) is 19.9. The first-order valence-corrected chi connectivity index (χ1v) is 6.52. The molecule has 1 aromatic carbocycles. The summed E-state index contributed by atoms with van der Waals surface area (Å²) in [7, 11) is 0. The Balaban J connectivity index is 2.01. The highest BCUT2D eigenvalue weighted by Gasteiger charge is 2.35. The van der Waals surface area contributed by atoms with E-state index in [0.29, 0.717) is 19.4 Å². The van der Waals surface area contributed by atoms with Gasteiger partial charge in [0, 0.05) is 6.54 Å². The van der Waals surface area contributed by atoms with Crippen LogP contribution >= 0.6 is 0 Å². The maximum absolute atomic E-state index is 12.8. The van der Waals surface area contributed by atoms with Crippen LogP contribution in [0.25, 0.3) is 0 Å². The number of carbonyl (C=O) groups excluding carboxylic acids is 1. The van der Waals surface area contributed by atoms with Crippen LogP contribution in [0.4, 0.5) is 4.39 Å². The third kappa shape index (κ3) is 3.14. The van der Waals surface area contributed by atoms with E-state index in [4.69, 9.17) is 10.8 Å². The second-order valence-corrected chi connectivity index (χ2v) is 4.96. The van der Waals surface area contributed by atoms with Crippen molar-refractivity contribution in [2.24, 2.45) is 5.73 Å². The first-order valence-electron chi connectivity index (χ1n) is 6.52. The van der Waals surface area contributed by atoms with Gasteiger partial charge in [-0.1, -0.05) is 12.1 Å². The Labute approximate surface area is 116 Å². The molecule has 0 radical (unpaired) electrons. The molecule has 1 aromatic rings. The third-order valence-electron chi connectivity index (χ3n) is 3.51. The van der Waals surface area contributed by atoms with Crippen LogP contribution in [0.15, 0.2) is 24.3 Å². The predicted molar refractivity (Wildman–Crippen MR) is 70.5 cm³/mol. The van der Waals surface area contributed by atoms with Gasteiger partial charge in [0.25, 0.3) is 0 Å². The van der Waals surface area contributed by atoms with E-state index in [-0.39, 0.29) is 18.1 Å². The number of rotatable bonds is 4. The maximum Gasteiger partial charge on any atom is 0.326 e. The molecule has 3 N–H and O–H groups in total. The summed E-state index contributed by atoms with van der Waals surface area (Å²) >= 11 is 0. The van der Waals surface area contributed by atoms with E-state index >= 15 is 0 Å². The molecule has 1 fully saturated rings. The van der Waals surface area contributed by atoms with E-state index in [1.165, 1.54) is 17.0 Å². The molecule has 0 aliphatic carbocycles. The van der Waals surface area contributed by atoms with Crippen molar-refractivity contribution in [3.05, 3.63) is 35.6 Å². The van der Waals surface area contributed by atoms with Crippen molar-refractivity contribution in [1.82, 2.24) is 4.90 Å². The number of halogens is 1. The second kappa shape index (κ2) is 6.00. The van der Waals surface area contributed by atoms with Gasteiger partial charge in [-0.3, -0.25) is 4.79 Å². The van der Waals surface area contributed by atoms with Crippen LogP contribution in [0.1, 0.15) is 18.4 Å². The monoisotopic (exact) mass is 280 g/mol. The number of aliphatic carboxylic acids is 1. The summed E-state index contributed by atoms with van der Waals surface area (Å²) in [5, 5.41) is 9.06. The molecular formula is C14H17FN2O3. The van der Waals surface area contributed by atoms with Crippen LogP contribution in [0.2, 0.25) is 0 Å². The fraction of sp³-hybridized carbons (Fsp3) is 0.429. The fourth-order valence-corrected chi connectivity index (χ4v) is 2.46. The van der Waals surface area contributed by atoms with Crippen molar-refractivity contribution < 1.29 is 19.1 Å². The predicted octanol–water partition coefficient (Wildman–Crippen LogP) is 0.771. The van der Waals surface area contributed by atoms with Crippen molar-refractivity contribution in [2.75, 3.05) is 6.54 Å². The zero-order valence-electron chi connectivity index (χ0n) is 11.0. The molecule has 0 bridgehead atoms. The van der Waals surface area contributed by atoms with Crippen LogP contribution < -0.4 is 5.73 Å². The zero-order chi connectivity index (χ0) is 14.7. The Bertz CT molecular complexity index is 504. The van der Waals surface area contributed by atoms with Gasteiger partial charge in [-0.2, -0.15) is 0 Å². The molecule has 20 heavy (non-hydrogen) atoms. The average Bonchev–Trinajstić information content (AvgIpc) is 2.90. The summed E-state index contributed by atoms with van der Waals surface area (Å²) < 4.78 is 12.8. The maximum atomic E-state index is 12.8. The Morgan fingerprint density at radius 2 is 2.05 bits per heavy atom. The highest BCUT2D eigenvalue weighted by Crippen LogP contribution is 2.19. The van der Waals surface area contributed by atoms with Crippen LogP contribution in [-0.2, 0) is 16.0 Å². The Hall–Kier alpha value is -1.95.